The van der Waals surface area contributed by atoms with E-state index in [0.29, 0.717) is 53.8 Å². The second-order valence-corrected chi connectivity index (χ2v) is 7.60. The summed E-state index contributed by atoms with van der Waals surface area (Å²) < 4.78 is 10.5. The average molecular weight is 432 g/mol. The Morgan fingerprint density at radius 2 is 1.70 bits per heavy atom. The molecule has 1 aliphatic rings. The van der Waals surface area contributed by atoms with Crippen molar-refractivity contribution in [2.75, 3.05) is 44.5 Å². The number of nitrogens with one attached hydrogen (secondary N) is 2. The van der Waals surface area contributed by atoms with Crippen LogP contribution in [0, 0.1) is 5.92 Å². The van der Waals surface area contributed by atoms with Gasteiger partial charge in [0.2, 0.25) is 11.8 Å². The van der Waals surface area contributed by atoms with Gasteiger partial charge in [-0.3, -0.25) is 14.5 Å². The van der Waals surface area contributed by atoms with Crippen LogP contribution in [-0.4, -0.2) is 50.6 Å². The monoisotopic (exact) mass is 431 g/mol. The first-order valence-corrected chi connectivity index (χ1v) is 10.2. The van der Waals surface area contributed by atoms with Gasteiger partial charge in [-0.25, -0.2) is 0 Å². The summed E-state index contributed by atoms with van der Waals surface area (Å²) in [5.41, 5.74) is 1.35. The molecule has 0 radical (unpaired) electrons. The second-order valence-electron chi connectivity index (χ2n) is 7.17. The van der Waals surface area contributed by atoms with E-state index in [4.69, 9.17) is 21.1 Å². The molecule has 0 spiro atoms. The third-order valence-electron chi connectivity index (χ3n) is 5.09. The van der Waals surface area contributed by atoms with Crippen molar-refractivity contribution < 1.29 is 19.1 Å². The van der Waals surface area contributed by atoms with E-state index in [2.05, 4.69) is 15.5 Å². The summed E-state index contributed by atoms with van der Waals surface area (Å²) in [6.07, 6.45) is 1.41. The van der Waals surface area contributed by atoms with Crippen molar-refractivity contribution in [1.29, 1.82) is 0 Å². The van der Waals surface area contributed by atoms with Crippen molar-refractivity contribution in [3.05, 3.63) is 47.5 Å². The first kappa shape index (κ1) is 21.9. The van der Waals surface area contributed by atoms with Crippen molar-refractivity contribution >= 4 is 34.8 Å². The number of nitrogens with zero attached hydrogens (tertiary/aromatic N) is 1. The maximum atomic E-state index is 12.5. The zero-order valence-corrected chi connectivity index (χ0v) is 17.9. The Morgan fingerprint density at radius 3 is 2.37 bits per heavy atom. The first-order valence-electron chi connectivity index (χ1n) is 9.79. The van der Waals surface area contributed by atoms with Gasteiger partial charge < -0.3 is 20.1 Å². The third-order valence-corrected chi connectivity index (χ3v) is 5.32. The van der Waals surface area contributed by atoms with E-state index in [1.807, 2.05) is 6.07 Å². The van der Waals surface area contributed by atoms with Crippen LogP contribution in [0.1, 0.15) is 12.8 Å². The number of ether oxygens (including phenoxy) is 2. The van der Waals surface area contributed by atoms with Crippen LogP contribution in [0.15, 0.2) is 42.5 Å². The van der Waals surface area contributed by atoms with Crippen molar-refractivity contribution in [2.24, 2.45) is 5.92 Å². The Kier molecular flexibility index (Phi) is 7.54. The predicted molar refractivity (Wildman–Crippen MR) is 117 cm³/mol. The van der Waals surface area contributed by atoms with Crippen LogP contribution in [0.2, 0.25) is 5.02 Å². The van der Waals surface area contributed by atoms with Crippen LogP contribution in [0.5, 0.6) is 11.5 Å². The highest BCUT2D eigenvalue weighted by atomic mass is 35.5. The molecule has 2 aromatic rings. The van der Waals surface area contributed by atoms with Crippen LogP contribution in [-0.2, 0) is 9.59 Å². The van der Waals surface area contributed by atoms with E-state index in [-0.39, 0.29) is 24.3 Å². The Morgan fingerprint density at radius 1 is 1.00 bits per heavy atom. The lowest BCUT2D eigenvalue weighted by atomic mass is 9.96. The van der Waals surface area contributed by atoms with Crippen molar-refractivity contribution in [2.45, 2.75) is 12.8 Å². The van der Waals surface area contributed by atoms with E-state index in [0.717, 1.165) is 0 Å². The molecular formula is C22H26ClN3O4. The summed E-state index contributed by atoms with van der Waals surface area (Å²) in [5.74, 6) is 0.973. The molecule has 2 amide bonds. The molecule has 0 aromatic heterocycles. The number of hydrogen-bond donors (Lipinski definition) is 2. The molecule has 0 saturated carbocycles. The van der Waals surface area contributed by atoms with Gasteiger partial charge in [0, 0.05) is 28.4 Å². The summed E-state index contributed by atoms with van der Waals surface area (Å²) in [6, 6.07) is 12.4. The van der Waals surface area contributed by atoms with Gasteiger partial charge in [-0.15, -0.1) is 0 Å². The Balaban J connectivity index is 1.46. The van der Waals surface area contributed by atoms with Crippen molar-refractivity contribution in [3.63, 3.8) is 0 Å². The molecule has 160 valence electrons. The predicted octanol–water partition coefficient (Wildman–Crippen LogP) is 3.65. The lowest BCUT2D eigenvalue weighted by Gasteiger charge is -2.30. The Bertz CT molecular complexity index is 898. The number of methoxy groups -OCH3 is 2. The number of halogens is 1. The summed E-state index contributed by atoms with van der Waals surface area (Å²) in [7, 11) is 3.12. The minimum absolute atomic E-state index is 0.00769. The summed E-state index contributed by atoms with van der Waals surface area (Å²) in [5, 5.41) is 6.38. The van der Waals surface area contributed by atoms with Gasteiger partial charge in [0.25, 0.3) is 0 Å². The fraction of sp³-hybridized carbons (Fsp3) is 0.364. The number of benzene rings is 2. The maximum Gasteiger partial charge on any atom is 0.238 e. The molecule has 3 rings (SSSR count). The molecule has 1 heterocycles. The fourth-order valence-corrected chi connectivity index (χ4v) is 3.67. The number of anilines is 2. The number of likely N-dealkylation sites (tertiary alicyclic amines) is 1. The lowest BCUT2D eigenvalue weighted by Crippen LogP contribution is -2.41. The zero-order chi connectivity index (χ0) is 21.5. The molecule has 30 heavy (non-hydrogen) atoms. The number of carbonyl (C=O) groups excluding carboxylic acids is 2. The normalized spacial score (nSPS) is 14.8. The molecule has 0 atom stereocenters. The molecular weight excluding hydrogens is 406 g/mol. The highest BCUT2D eigenvalue weighted by Crippen LogP contribution is 2.29. The van der Waals surface area contributed by atoms with E-state index in [1.54, 1.807) is 50.6 Å². The third kappa shape index (κ3) is 5.87. The lowest BCUT2D eigenvalue weighted by molar-refractivity contribution is -0.121. The quantitative estimate of drug-likeness (QED) is 0.699. The van der Waals surface area contributed by atoms with E-state index in [1.165, 1.54) is 0 Å². The molecule has 2 aromatic carbocycles. The molecule has 1 aliphatic heterocycles. The minimum atomic E-state index is -0.107. The van der Waals surface area contributed by atoms with Gasteiger partial charge in [0.1, 0.15) is 0 Å². The topological polar surface area (TPSA) is 79.9 Å². The van der Waals surface area contributed by atoms with Gasteiger partial charge >= 0.3 is 0 Å². The van der Waals surface area contributed by atoms with Crippen LogP contribution in [0.3, 0.4) is 0 Å². The van der Waals surface area contributed by atoms with Gasteiger partial charge in [-0.05, 0) is 56.3 Å². The smallest absolute Gasteiger partial charge is 0.238 e. The van der Waals surface area contributed by atoms with E-state index >= 15 is 0 Å². The van der Waals surface area contributed by atoms with Crippen LogP contribution in [0.25, 0.3) is 0 Å². The summed E-state index contributed by atoms with van der Waals surface area (Å²) in [4.78, 5) is 26.9. The average Bonchev–Trinajstić information content (AvgIpc) is 2.74. The SMILES string of the molecule is COc1ccc(NC(=O)CN2CCC(C(=O)Nc3cccc(Cl)c3)CC2)cc1OC. The van der Waals surface area contributed by atoms with Gasteiger partial charge in [0.05, 0.1) is 20.8 Å². The first-order chi connectivity index (χ1) is 14.5. The number of hydrogen-bond acceptors (Lipinski definition) is 5. The highest BCUT2D eigenvalue weighted by Gasteiger charge is 2.26. The Labute approximate surface area is 181 Å². The maximum absolute atomic E-state index is 12.5. The highest BCUT2D eigenvalue weighted by molar-refractivity contribution is 6.30. The second kappa shape index (κ2) is 10.3. The van der Waals surface area contributed by atoms with Crippen LogP contribution in [0.4, 0.5) is 11.4 Å². The fourth-order valence-electron chi connectivity index (χ4n) is 3.48. The van der Waals surface area contributed by atoms with Gasteiger partial charge in [-0.2, -0.15) is 0 Å². The molecule has 2 N–H and O–H groups in total. The number of rotatable bonds is 7. The van der Waals surface area contributed by atoms with Crippen LogP contribution < -0.4 is 20.1 Å². The van der Waals surface area contributed by atoms with Gasteiger partial charge in [0.15, 0.2) is 11.5 Å². The molecule has 0 unspecified atom stereocenters. The van der Waals surface area contributed by atoms with Crippen molar-refractivity contribution in [3.8, 4) is 11.5 Å². The molecule has 1 saturated heterocycles. The largest absolute Gasteiger partial charge is 0.493 e. The minimum Gasteiger partial charge on any atom is -0.493 e. The summed E-state index contributed by atoms with van der Waals surface area (Å²) >= 11 is 5.96. The number of amides is 2. The van der Waals surface area contributed by atoms with Gasteiger partial charge in [-0.1, -0.05) is 17.7 Å². The molecule has 1 fully saturated rings. The van der Waals surface area contributed by atoms with Crippen molar-refractivity contribution in [1.82, 2.24) is 4.90 Å². The van der Waals surface area contributed by atoms with E-state index < -0.39 is 0 Å². The van der Waals surface area contributed by atoms with Crippen LogP contribution >= 0.6 is 11.6 Å². The standard InChI is InChI=1S/C22H26ClN3O4/c1-29-19-7-6-18(13-20(19)30-2)24-21(27)14-26-10-8-15(9-11-26)22(28)25-17-5-3-4-16(23)12-17/h3-7,12-13,15H,8-11,14H2,1-2H3,(H,24,27)(H,25,28). The molecule has 7 nitrogen and oxygen atoms in total. The zero-order valence-electron chi connectivity index (χ0n) is 17.1. The number of piperidine rings is 1. The van der Waals surface area contributed by atoms with E-state index in [9.17, 15) is 9.59 Å². The Hall–Kier alpha value is -2.77. The molecule has 0 aliphatic carbocycles. The summed E-state index contributed by atoms with van der Waals surface area (Å²) in [6.45, 7) is 1.65. The molecule has 8 heteroatoms. The molecule has 0 bridgehead atoms. The number of carbonyl (C=O) groups is 2.